The summed E-state index contributed by atoms with van der Waals surface area (Å²) < 4.78 is 1.73. The van der Waals surface area contributed by atoms with Gasteiger partial charge in [-0.25, -0.2) is 4.68 Å². The van der Waals surface area contributed by atoms with E-state index in [2.05, 4.69) is 10.4 Å². The third-order valence-corrected chi connectivity index (χ3v) is 2.31. The molecule has 15 heavy (non-hydrogen) atoms. The molecule has 0 aliphatic carbocycles. The van der Waals surface area contributed by atoms with Gasteiger partial charge in [0.1, 0.15) is 11.6 Å². The normalized spacial score (nSPS) is 10.3. The van der Waals surface area contributed by atoms with Crippen LogP contribution in [0.25, 0.3) is 5.69 Å². The summed E-state index contributed by atoms with van der Waals surface area (Å²) in [5.41, 5.74) is 6.54. The van der Waals surface area contributed by atoms with E-state index >= 15 is 0 Å². The van der Waals surface area contributed by atoms with Crippen molar-refractivity contribution in [3.05, 3.63) is 35.4 Å². The highest BCUT2D eigenvalue weighted by atomic mass is 35.5. The quantitative estimate of drug-likeness (QED) is 0.819. The molecule has 0 radical (unpaired) electrons. The van der Waals surface area contributed by atoms with Crippen molar-refractivity contribution in [3.63, 3.8) is 0 Å². The fraction of sp³-hybridized carbons (Fsp3) is 0.100. The summed E-state index contributed by atoms with van der Waals surface area (Å²) in [6.07, 6.45) is 0. The third-order valence-electron chi connectivity index (χ3n) is 2.06. The number of halogens is 1. The Hall–Kier alpha value is -1.68. The monoisotopic (exact) mass is 222 g/mol. The molecule has 0 bridgehead atoms. The second-order valence-electron chi connectivity index (χ2n) is 3.09. The number of benzene rings is 1. The van der Waals surface area contributed by atoms with Gasteiger partial charge < -0.3 is 11.1 Å². The highest BCUT2D eigenvalue weighted by molar-refractivity contribution is 6.30. The first-order valence-electron chi connectivity index (χ1n) is 4.50. The van der Waals surface area contributed by atoms with Gasteiger partial charge >= 0.3 is 0 Å². The number of aromatic nitrogens is 2. The number of anilines is 2. The standard InChI is InChI=1S/C10H11ClN4/c1-13-10-6-9(12)14-15(10)8-4-2-7(11)3-5-8/h2-6,13H,1H3,(H2,12,14). The van der Waals surface area contributed by atoms with E-state index in [1.54, 1.807) is 10.7 Å². The lowest BCUT2D eigenvalue weighted by atomic mass is 10.3. The fourth-order valence-electron chi connectivity index (χ4n) is 1.36. The first kappa shape index (κ1) is 9.86. The van der Waals surface area contributed by atoms with Crippen LogP contribution in [0.2, 0.25) is 5.02 Å². The molecule has 2 aromatic rings. The summed E-state index contributed by atoms with van der Waals surface area (Å²) in [5.74, 6) is 1.32. The number of nitrogens with zero attached hydrogens (tertiary/aromatic N) is 2. The molecule has 2 rings (SSSR count). The molecule has 0 saturated carbocycles. The summed E-state index contributed by atoms with van der Waals surface area (Å²) >= 11 is 5.81. The number of nitrogens with one attached hydrogen (secondary N) is 1. The fourth-order valence-corrected chi connectivity index (χ4v) is 1.48. The molecule has 0 amide bonds. The molecule has 1 aromatic carbocycles. The molecule has 0 atom stereocenters. The largest absolute Gasteiger partial charge is 0.382 e. The van der Waals surface area contributed by atoms with E-state index in [0.717, 1.165) is 11.5 Å². The van der Waals surface area contributed by atoms with E-state index in [-0.39, 0.29) is 0 Å². The Balaban J connectivity index is 2.48. The Morgan fingerprint density at radius 1 is 1.33 bits per heavy atom. The van der Waals surface area contributed by atoms with Gasteiger partial charge in [-0.2, -0.15) is 0 Å². The maximum absolute atomic E-state index is 5.81. The lowest BCUT2D eigenvalue weighted by Gasteiger charge is -2.05. The summed E-state index contributed by atoms with van der Waals surface area (Å²) in [5, 5.41) is 7.89. The van der Waals surface area contributed by atoms with Gasteiger partial charge in [0, 0.05) is 18.1 Å². The van der Waals surface area contributed by atoms with Gasteiger partial charge in [0.2, 0.25) is 0 Å². The second-order valence-corrected chi connectivity index (χ2v) is 3.53. The zero-order valence-corrected chi connectivity index (χ0v) is 8.99. The molecule has 0 fully saturated rings. The summed E-state index contributed by atoms with van der Waals surface area (Å²) in [6.45, 7) is 0. The zero-order valence-electron chi connectivity index (χ0n) is 8.24. The molecule has 0 spiro atoms. The Labute approximate surface area is 92.7 Å². The Kier molecular flexibility index (Phi) is 2.51. The second kappa shape index (κ2) is 3.82. The number of hydrogen-bond acceptors (Lipinski definition) is 3. The van der Waals surface area contributed by atoms with Crippen LogP contribution in [0.4, 0.5) is 11.6 Å². The van der Waals surface area contributed by atoms with Gasteiger partial charge in [-0.05, 0) is 24.3 Å². The maximum Gasteiger partial charge on any atom is 0.148 e. The van der Waals surface area contributed by atoms with Crippen molar-refractivity contribution in [2.75, 3.05) is 18.1 Å². The zero-order chi connectivity index (χ0) is 10.8. The average molecular weight is 223 g/mol. The molecule has 0 unspecified atom stereocenters. The van der Waals surface area contributed by atoms with E-state index in [1.165, 1.54) is 0 Å². The highest BCUT2D eigenvalue weighted by Gasteiger charge is 2.05. The first-order chi connectivity index (χ1) is 7.20. The van der Waals surface area contributed by atoms with Crippen LogP contribution in [-0.2, 0) is 0 Å². The van der Waals surface area contributed by atoms with Crippen LogP contribution in [0.3, 0.4) is 0 Å². The molecular weight excluding hydrogens is 212 g/mol. The highest BCUT2D eigenvalue weighted by Crippen LogP contribution is 2.19. The Bertz CT molecular complexity index is 461. The van der Waals surface area contributed by atoms with Crippen LogP contribution < -0.4 is 11.1 Å². The smallest absolute Gasteiger partial charge is 0.148 e. The lowest BCUT2D eigenvalue weighted by molar-refractivity contribution is 0.891. The maximum atomic E-state index is 5.81. The SMILES string of the molecule is CNc1cc(N)nn1-c1ccc(Cl)cc1. The molecule has 0 aliphatic rings. The van der Waals surface area contributed by atoms with Crippen LogP contribution in [-0.4, -0.2) is 16.8 Å². The Morgan fingerprint density at radius 3 is 2.60 bits per heavy atom. The van der Waals surface area contributed by atoms with Gasteiger partial charge in [-0.15, -0.1) is 5.10 Å². The summed E-state index contributed by atoms with van der Waals surface area (Å²) in [6, 6.07) is 9.17. The summed E-state index contributed by atoms with van der Waals surface area (Å²) in [7, 11) is 1.82. The Morgan fingerprint density at radius 2 is 2.00 bits per heavy atom. The molecule has 78 valence electrons. The predicted molar refractivity (Wildman–Crippen MR) is 62.5 cm³/mol. The molecule has 3 N–H and O–H groups in total. The van der Waals surface area contributed by atoms with Crippen LogP contribution in [0, 0.1) is 0 Å². The van der Waals surface area contributed by atoms with Gasteiger partial charge in [0.25, 0.3) is 0 Å². The number of hydrogen-bond donors (Lipinski definition) is 2. The van der Waals surface area contributed by atoms with Crippen LogP contribution in [0.1, 0.15) is 0 Å². The van der Waals surface area contributed by atoms with E-state index in [1.807, 2.05) is 31.3 Å². The minimum Gasteiger partial charge on any atom is -0.382 e. The average Bonchev–Trinajstić information content (AvgIpc) is 2.61. The van der Waals surface area contributed by atoms with E-state index < -0.39 is 0 Å². The predicted octanol–water partition coefficient (Wildman–Crippen LogP) is 2.15. The topological polar surface area (TPSA) is 55.9 Å². The van der Waals surface area contributed by atoms with Crippen molar-refractivity contribution >= 4 is 23.2 Å². The molecule has 4 nitrogen and oxygen atoms in total. The minimum atomic E-state index is 0.481. The third kappa shape index (κ3) is 1.89. The minimum absolute atomic E-state index is 0.481. The molecule has 1 heterocycles. The van der Waals surface area contributed by atoms with Gasteiger partial charge in [0.05, 0.1) is 5.69 Å². The van der Waals surface area contributed by atoms with Crippen molar-refractivity contribution in [1.82, 2.24) is 9.78 Å². The van der Waals surface area contributed by atoms with Crippen LogP contribution in [0.15, 0.2) is 30.3 Å². The van der Waals surface area contributed by atoms with Crippen molar-refractivity contribution in [3.8, 4) is 5.69 Å². The van der Waals surface area contributed by atoms with Gasteiger partial charge in [-0.3, -0.25) is 0 Å². The van der Waals surface area contributed by atoms with Crippen LogP contribution in [0.5, 0.6) is 0 Å². The molecule has 5 heteroatoms. The molecule has 0 aliphatic heterocycles. The number of rotatable bonds is 2. The van der Waals surface area contributed by atoms with Crippen molar-refractivity contribution in [2.24, 2.45) is 0 Å². The van der Waals surface area contributed by atoms with Gasteiger partial charge in [0.15, 0.2) is 0 Å². The molecule has 0 saturated heterocycles. The molecular formula is C10H11ClN4. The summed E-state index contributed by atoms with van der Waals surface area (Å²) in [4.78, 5) is 0. The number of nitrogen functional groups attached to an aromatic ring is 1. The van der Waals surface area contributed by atoms with E-state index in [4.69, 9.17) is 17.3 Å². The lowest BCUT2D eigenvalue weighted by Crippen LogP contribution is -2.02. The van der Waals surface area contributed by atoms with E-state index in [0.29, 0.717) is 10.8 Å². The molecule has 1 aromatic heterocycles. The van der Waals surface area contributed by atoms with Gasteiger partial charge in [-0.1, -0.05) is 11.6 Å². The van der Waals surface area contributed by atoms with Crippen LogP contribution >= 0.6 is 11.6 Å². The number of nitrogens with two attached hydrogens (primary N) is 1. The van der Waals surface area contributed by atoms with E-state index in [9.17, 15) is 0 Å². The first-order valence-corrected chi connectivity index (χ1v) is 4.88. The van der Waals surface area contributed by atoms with Crippen molar-refractivity contribution < 1.29 is 0 Å². The van der Waals surface area contributed by atoms with Crippen molar-refractivity contribution in [1.29, 1.82) is 0 Å². The van der Waals surface area contributed by atoms with Crippen molar-refractivity contribution in [2.45, 2.75) is 0 Å².